The van der Waals surface area contributed by atoms with Gasteiger partial charge >= 0.3 is 0 Å². The lowest BCUT2D eigenvalue weighted by Crippen LogP contribution is -2.28. The molecule has 7 nitrogen and oxygen atoms in total. The Morgan fingerprint density at radius 2 is 2.12 bits per heavy atom. The molecule has 1 aliphatic carbocycles. The average molecular weight is 354 g/mol. The normalized spacial score (nSPS) is 17.8. The van der Waals surface area contributed by atoms with E-state index in [-0.39, 0.29) is 5.91 Å². The first kappa shape index (κ1) is 17.0. The Labute approximate surface area is 153 Å². The maximum Gasteiger partial charge on any atom is 0.223 e. The molecule has 1 N–H and O–H groups in total. The van der Waals surface area contributed by atoms with Gasteiger partial charge in [0.15, 0.2) is 0 Å². The zero-order valence-electron chi connectivity index (χ0n) is 15.3. The van der Waals surface area contributed by atoms with Crippen LogP contribution in [0.1, 0.15) is 62.0 Å². The number of anilines is 1. The van der Waals surface area contributed by atoms with Gasteiger partial charge in [0, 0.05) is 37.8 Å². The molecule has 4 rings (SSSR count). The van der Waals surface area contributed by atoms with E-state index in [9.17, 15) is 4.79 Å². The highest BCUT2D eigenvalue weighted by Gasteiger charge is 2.20. The highest BCUT2D eigenvalue weighted by Crippen LogP contribution is 2.33. The number of rotatable bonds is 4. The van der Waals surface area contributed by atoms with E-state index in [0.29, 0.717) is 25.0 Å². The molecule has 26 heavy (non-hydrogen) atoms. The van der Waals surface area contributed by atoms with Gasteiger partial charge in [0.05, 0.1) is 24.5 Å². The van der Waals surface area contributed by atoms with E-state index in [1.807, 2.05) is 21.8 Å². The number of nitrogens with zero attached hydrogens (tertiary/aromatic N) is 5. The van der Waals surface area contributed by atoms with Gasteiger partial charge in [-0.15, -0.1) is 0 Å². The molecular weight excluding hydrogens is 328 g/mol. The van der Waals surface area contributed by atoms with E-state index < -0.39 is 0 Å². The van der Waals surface area contributed by atoms with Crippen molar-refractivity contribution in [1.29, 1.82) is 0 Å². The number of hydrogen-bond donors (Lipinski definition) is 1. The minimum absolute atomic E-state index is 0.122. The summed E-state index contributed by atoms with van der Waals surface area (Å²) in [6.45, 7) is 4.51. The Morgan fingerprint density at radius 3 is 2.92 bits per heavy atom. The quantitative estimate of drug-likeness (QED) is 0.913. The van der Waals surface area contributed by atoms with Crippen LogP contribution in [0.2, 0.25) is 0 Å². The zero-order valence-corrected chi connectivity index (χ0v) is 15.3. The van der Waals surface area contributed by atoms with Crippen molar-refractivity contribution in [2.45, 2.75) is 64.6 Å². The molecule has 1 aliphatic heterocycles. The van der Waals surface area contributed by atoms with Crippen molar-refractivity contribution in [2.24, 2.45) is 0 Å². The van der Waals surface area contributed by atoms with Crippen molar-refractivity contribution >= 4 is 11.9 Å². The van der Waals surface area contributed by atoms with Gasteiger partial charge in [-0.3, -0.25) is 9.48 Å². The third kappa shape index (κ3) is 3.71. The second kappa shape index (κ2) is 7.43. The van der Waals surface area contributed by atoms with Crippen LogP contribution in [0.3, 0.4) is 0 Å². The summed E-state index contributed by atoms with van der Waals surface area (Å²) in [6.07, 6.45) is 7.85. The van der Waals surface area contributed by atoms with E-state index in [1.165, 1.54) is 25.7 Å². The smallest absolute Gasteiger partial charge is 0.223 e. The van der Waals surface area contributed by atoms with Crippen LogP contribution in [-0.4, -0.2) is 37.1 Å². The molecule has 0 spiro atoms. The van der Waals surface area contributed by atoms with Crippen LogP contribution < -0.4 is 5.32 Å². The van der Waals surface area contributed by atoms with Crippen LogP contribution >= 0.6 is 0 Å². The molecule has 0 unspecified atom stereocenters. The zero-order chi connectivity index (χ0) is 17.9. The van der Waals surface area contributed by atoms with E-state index in [4.69, 9.17) is 4.98 Å². The van der Waals surface area contributed by atoms with Crippen molar-refractivity contribution in [3.8, 4) is 0 Å². The topological polar surface area (TPSA) is 75.9 Å². The van der Waals surface area contributed by atoms with Crippen molar-refractivity contribution in [2.75, 3.05) is 11.9 Å². The summed E-state index contributed by atoms with van der Waals surface area (Å²) in [7, 11) is 0. The minimum Gasteiger partial charge on any atom is -0.348 e. The summed E-state index contributed by atoms with van der Waals surface area (Å²) in [6, 6.07) is 4.12. The standard InChI is InChI=1S/C19H26N6O/c1-14(26)24-9-4-10-25-17(13-24)11-16(23-25)12-21-19-20-8-7-18(22-19)15-5-2-3-6-15/h7-8,11,15H,2-6,9-10,12-13H2,1H3,(H,20,21,22). The van der Waals surface area contributed by atoms with Crippen molar-refractivity contribution < 1.29 is 4.79 Å². The van der Waals surface area contributed by atoms with Crippen LogP contribution in [0.4, 0.5) is 5.95 Å². The molecule has 1 fully saturated rings. The minimum atomic E-state index is 0.122. The Morgan fingerprint density at radius 1 is 1.27 bits per heavy atom. The molecule has 2 aliphatic rings. The number of aromatic nitrogens is 4. The third-order valence-corrected chi connectivity index (χ3v) is 5.39. The highest BCUT2D eigenvalue weighted by atomic mass is 16.2. The predicted octanol–water partition coefficient (Wildman–Crippen LogP) is 2.70. The summed E-state index contributed by atoms with van der Waals surface area (Å²) in [5.41, 5.74) is 3.20. The van der Waals surface area contributed by atoms with Crippen LogP contribution in [0.25, 0.3) is 0 Å². The molecule has 7 heteroatoms. The van der Waals surface area contributed by atoms with Crippen molar-refractivity contribution in [1.82, 2.24) is 24.6 Å². The van der Waals surface area contributed by atoms with Gasteiger partial charge in [-0.1, -0.05) is 12.8 Å². The third-order valence-electron chi connectivity index (χ3n) is 5.39. The van der Waals surface area contributed by atoms with Crippen LogP contribution in [-0.2, 0) is 24.4 Å². The molecule has 0 saturated heterocycles. The molecule has 0 radical (unpaired) electrons. The Hall–Kier alpha value is -2.44. The second-order valence-electron chi connectivity index (χ2n) is 7.28. The lowest BCUT2D eigenvalue weighted by atomic mass is 10.0. The van der Waals surface area contributed by atoms with Crippen molar-refractivity contribution in [3.63, 3.8) is 0 Å². The monoisotopic (exact) mass is 354 g/mol. The summed E-state index contributed by atoms with van der Waals surface area (Å²) >= 11 is 0. The molecule has 138 valence electrons. The fourth-order valence-corrected chi connectivity index (χ4v) is 3.95. The van der Waals surface area contributed by atoms with E-state index in [0.717, 1.165) is 36.6 Å². The van der Waals surface area contributed by atoms with Gasteiger partial charge in [-0.2, -0.15) is 5.10 Å². The number of aryl methyl sites for hydroxylation is 1. The number of carbonyl (C=O) groups is 1. The Balaban J connectivity index is 1.42. The second-order valence-corrected chi connectivity index (χ2v) is 7.28. The summed E-state index contributed by atoms with van der Waals surface area (Å²) in [5.74, 6) is 1.37. The molecule has 2 aromatic rings. The van der Waals surface area contributed by atoms with Gasteiger partial charge in [0.1, 0.15) is 0 Å². The van der Waals surface area contributed by atoms with E-state index in [1.54, 1.807) is 6.92 Å². The summed E-state index contributed by atoms with van der Waals surface area (Å²) in [5, 5.41) is 7.99. The number of nitrogens with one attached hydrogen (secondary N) is 1. The number of fused-ring (bicyclic) bond motifs is 1. The maximum absolute atomic E-state index is 11.7. The van der Waals surface area contributed by atoms with E-state index in [2.05, 4.69) is 21.5 Å². The van der Waals surface area contributed by atoms with Crippen LogP contribution in [0.15, 0.2) is 18.3 Å². The van der Waals surface area contributed by atoms with Crippen LogP contribution in [0, 0.1) is 0 Å². The maximum atomic E-state index is 11.7. The summed E-state index contributed by atoms with van der Waals surface area (Å²) < 4.78 is 2.02. The number of carbonyl (C=O) groups excluding carboxylic acids is 1. The fraction of sp³-hybridized carbons (Fsp3) is 0.579. The van der Waals surface area contributed by atoms with Gasteiger partial charge in [-0.25, -0.2) is 9.97 Å². The van der Waals surface area contributed by atoms with Gasteiger partial charge in [0.25, 0.3) is 0 Å². The lowest BCUT2D eigenvalue weighted by molar-refractivity contribution is -0.129. The lowest BCUT2D eigenvalue weighted by Gasteiger charge is -2.17. The fourth-order valence-electron chi connectivity index (χ4n) is 3.95. The Bertz CT molecular complexity index is 780. The molecule has 0 aromatic carbocycles. The highest BCUT2D eigenvalue weighted by molar-refractivity contribution is 5.73. The molecular formula is C19H26N6O. The summed E-state index contributed by atoms with van der Waals surface area (Å²) in [4.78, 5) is 22.6. The largest absolute Gasteiger partial charge is 0.348 e. The van der Waals surface area contributed by atoms with Gasteiger partial charge in [0.2, 0.25) is 11.9 Å². The molecule has 3 heterocycles. The first-order valence-corrected chi connectivity index (χ1v) is 9.57. The molecule has 0 bridgehead atoms. The SMILES string of the molecule is CC(=O)N1CCCn2nc(CNc3nccc(C4CCCC4)n3)cc2C1. The molecule has 1 saturated carbocycles. The average Bonchev–Trinajstić information content (AvgIpc) is 3.26. The predicted molar refractivity (Wildman–Crippen MR) is 98.5 cm³/mol. The van der Waals surface area contributed by atoms with Crippen LogP contribution in [0.5, 0.6) is 0 Å². The molecule has 1 amide bonds. The number of hydrogen-bond acceptors (Lipinski definition) is 5. The van der Waals surface area contributed by atoms with E-state index >= 15 is 0 Å². The van der Waals surface area contributed by atoms with Gasteiger partial charge in [-0.05, 0) is 31.4 Å². The number of amides is 1. The molecule has 0 atom stereocenters. The first-order valence-electron chi connectivity index (χ1n) is 9.57. The first-order chi connectivity index (χ1) is 12.7. The van der Waals surface area contributed by atoms with Gasteiger partial charge < -0.3 is 10.2 Å². The Kier molecular flexibility index (Phi) is 4.86. The van der Waals surface area contributed by atoms with Crippen molar-refractivity contribution in [3.05, 3.63) is 35.4 Å². The molecule has 2 aromatic heterocycles.